The predicted molar refractivity (Wildman–Crippen MR) is 50.0 cm³/mol. The molecule has 0 spiro atoms. The lowest BCUT2D eigenvalue weighted by Gasteiger charge is -2.12. The molecule has 0 saturated carbocycles. The first-order chi connectivity index (χ1) is 6.29. The van der Waals surface area contributed by atoms with Crippen molar-refractivity contribution in [2.75, 3.05) is 5.73 Å². The highest BCUT2D eigenvalue weighted by Crippen LogP contribution is 2.32. The lowest BCUT2D eigenvalue weighted by molar-refractivity contribution is -0.274. The van der Waals surface area contributed by atoms with Crippen LogP contribution in [0.15, 0.2) is 16.6 Å². The molecule has 1 rings (SSSR count). The third-order valence-electron chi connectivity index (χ3n) is 1.52. The van der Waals surface area contributed by atoms with Gasteiger partial charge in [-0.15, -0.1) is 13.2 Å². The molecule has 0 fully saturated rings. The van der Waals surface area contributed by atoms with E-state index in [1.165, 1.54) is 12.1 Å². The number of hydrogen-bond donors (Lipinski definition) is 1. The number of hydrogen-bond acceptors (Lipinski definition) is 2. The molecule has 0 atom stereocenters. The molecule has 0 bridgehead atoms. The molecular weight excluding hydrogens is 263 g/mol. The SMILES string of the molecule is Cc1cc(N)c(OC(F)(F)F)cc1Br. The number of benzene rings is 1. The quantitative estimate of drug-likeness (QED) is 0.795. The summed E-state index contributed by atoms with van der Waals surface area (Å²) in [6.45, 7) is 1.72. The highest BCUT2D eigenvalue weighted by molar-refractivity contribution is 9.10. The number of nitrogens with two attached hydrogens (primary N) is 1. The van der Waals surface area contributed by atoms with Crippen molar-refractivity contribution in [1.82, 2.24) is 0 Å². The molecule has 14 heavy (non-hydrogen) atoms. The Labute approximate surface area is 87.0 Å². The van der Waals surface area contributed by atoms with Crippen molar-refractivity contribution in [1.29, 1.82) is 0 Å². The van der Waals surface area contributed by atoms with Crippen molar-refractivity contribution in [3.05, 3.63) is 22.2 Å². The molecule has 0 heterocycles. The van der Waals surface area contributed by atoms with Crippen LogP contribution >= 0.6 is 15.9 Å². The van der Waals surface area contributed by atoms with Gasteiger partial charge >= 0.3 is 6.36 Å². The van der Waals surface area contributed by atoms with E-state index in [9.17, 15) is 13.2 Å². The number of nitrogen functional groups attached to an aromatic ring is 1. The maximum absolute atomic E-state index is 11.9. The molecule has 6 heteroatoms. The minimum atomic E-state index is -4.72. The standard InChI is InChI=1S/C8H7BrF3NO/c1-4-2-6(13)7(3-5(4)9)14-8(10,11)12/h2-3H,13H2,1H3. The molecular formula is C8H7BrF3NO. The van der Waals surface area contributed by atoms with Gasteiger partial charge in [0, 0.05) is 4.47 Å². The van der Waals surface area contributed by atoms with Crippen molar-refractivity contribution in [3.8, 4) is 5.75 Å². The number of aryl methyl sites for hydroxylation is 1. The highest BCUT2D eigenvalue weighted by Gasteiger charge is 2.32. The Morgan fingerprint density at radius 1 is 1.36 bits per heavy atom. The predicted octanol–water partition coefficient (Wildman–Crippen LogP) is 3.24. The van der Waals surface area contributed by atoms with Gasteiger partial charge in [0.2, 0.25) is 0 Å². The molecule has 0 aliphatic carbocycles. The lowest BCUT2D eigenvalue weighted by atomic mass is 10.2. The fraction of sp³-hybridized carbons (Fsp3) is 0.250. The van der Waals surface area contributed by atoms with E-state index in [-0.39, 0.29) is 5.69 Å². The van der Waals surface area contributed by atoms with E-state index in [4.69, 9.17) is 5.73 Å². The van der Waals surface area contributed by atoms with Crippen molar-refractivity contribution in [2.45, 2.75) is 13.3 Å². The average Bonchev–Trinajstić information content (AvgIpc) is 1.97. The first-order valence-corrected chi connectivity index (χ1v) is 4.40. The zero-order chi connectivity index (χ0) is 10.9. The summed E-state index contributed by atoms with van der Waals surface area (Å²) in [4.78, 5) is 0. The molecule has 78 valence electrons. The van der Waals surface area contributed by atoms with E-state index in [0.717, 1.165) is 5.56 Å². The molecule has 0 radical (unpaired) electrons. The van der Waals surface area contributed by atoms with E-state index in [2.05, 4.69) is 20.7 Å². The Morgan fingerprint density at radius 3 is 2.43 bits per heavy atom. The number of ether oxygens (including phenoxy) is 1. The Morgan fingerprint density at radius 2 is 1.93 bits per heavy atom. The minimum absolute atomic E-state index is 0.0389. The van der Waals surface area contributed by atoms with Crippen LogP contribution in [0, 0.1) is 6.92 Å². The molecule has 2 N–H and O–H groups in total. The van der Waals surface area contributed by atoms with Gasteiger partial charge in [-0.05, 0) is 24.6 Å². The second-order valence-electron chi connectivity index (χ2n) is 2.69. The van der Waals surface area contributed by atoms with Crippen LogP contribution in [0.1, 0.15) is 5.56 Å². The summed E-state index contributed by atoms with van der Waals surface area (Å²) in [6, 6.07) is 2.60. The fourth-order valence-corrected chi connectivity index (χ4v) is 1.22. The molecule has 0 saturated heterocycles. The molecule has 2 nitrogen and oxygen atoms in total. The second-order valence-corrected chi connectivity index (χ2v) is 3.54. The summed E-state index contributed by atoms with van der Waals surface area (Å²) in [5.74, 6) is -0.394. The van der Waals surface area contributed by atoms with Crippen molar-refractivity contribution >= 4 is 21.6 Å². The lowest BCUT2D eigenvalue weighted by Crippen LogP contribution is -2.18. The summed E-state index contributed by atoms with van der Waals surface area (Å²) in [5.41, 5.74) is 6.06. The smallest absolute Gasteiger partial charge is 0.404 e. The minimum Gasteiger partial charge on any atom is -0.404 e. The van der Waals surface area contributed by atoms with Gasteiger partial charge in [0.05, 0.1) is 5.69 Å². The van der Waals surface area contributed by atoms with E-state index in [1.54, 1.807) is 6.92 Å². The fourth-order valence-electron chi connectivity index (χ4n) is 0.899. The van der Waals surface area contributed by atoms with Crippen LogP contribution in [-0.4, -0.2) is 6.36 Å². The van der Waals surface area contributed by atoms with Gasteiger partial charge in [-0.25, -0.2) is 0 Å². The maximum atomic E-state index is 11.9. The molecule has 0 unspecified atom stereocenters. The summed E-state index contributed by atoms with van der Waals surface area (Å²) < 4.78 is 39.8. The topological polar surface area (TPSA) is 35.2 Å². The van der Waals surface area contributed by atoms with Crippen LogP contribution in [0.5, 0.6) is 5.75 Å². The van der Waals surface area contributed by atoms with Crippen LogP contribution in [0.3, 0.4) is 0 Å². The third kappa shape index (κ3) is 2.80. The summed E-state index contributed by atoms with van der Waals surface area (Å²) >= 11 is 3.08. The normalized spacial score (nSPS) is 11.5. The largest absolute Gasteiger partial charge is 0.573 e. The van der Waals surface area contributed by atoms with Gasteiger partial charge in [-0.1, -0.05) is 15.9 Å². The molecule has 0 amide bonds. The van der Waals surface area contributed by atoms with Gasteiger partial charge in [0.25, 0.3) is 0 Å². The highest BCUT2D eigenvalue weighted by atomic mass is 79.9. The van der Waals surface area contributed by atoms with Crippen LogP contribution in [0.4, 0.5) is 18.9 Å². The summed E-state index contributed by atoms with van der Waals surface area (Å²) in [5, 5.41) is 0. The summed E-state index contributed by atoms with van der Waals surface area (Å²) in [6.07, 6.45) is -4.72. The van der Waals surface area contributed by atoms with Gasteiger partial charge in [-0.3, -0.25) is 0 Å². The zero-order valence-corrected chi connectivity index (χ0v) is 8.74. The van der Waals surface area contributed by atoms with Gasteiger partial charge in [0.15, 0.2) is 5.75 Å². The molecule has 0 aromatic heterocycles. The molecule has 1 aromatic rings. The number of anilines is 1. The second kappa shape index (κ2) is 3.68. The summed E-state index contributed by atoms with van der Waals surface area (Å²) in [7, 11) is 0. The number of alkyl halides is 3. The Kier molecular flexibility index (Phi) is 2.94. The molecule has 0 aliphatic rings. The van der Waals surface area contributed by atoms with Crippen LogP contribution in [0.2, 0.25) is 0 Å². The van der Waals surface area contributed by atoms with Crippen LogP contribution < -0.4 is 10.5 Å². The van der Waals surface area contributed by atoms with E-state index < -0.39 is 12.1 Å². The van der Waals surface area contributed by atoms with Gasteiger partial charge in [0.1, 0.15) is 0 Å². The Bertz CT molecular complexity index is 351. The van der Waals surface area contributed by atoms with Crippen LogP contribution in [0.25, 0.3) is 0 Å². The van der Waals surface area contributed by atoms with Crippen molar-refractivity contribution < 1.29 is 17.9 Å². The molecule has 0 aliphatic heterocycles. The van der Waals surface area contributed by atoms with Crippen molar-refractivity contribution in [3.63, 3.8) is 0 Å². The van der Waals surface area contributed by atoms with Crippen molar-refractivity contribution in [2.24, 2.45) is 0 Å². The maximum Gasteiger partial charge on any atom is 0.573 e. The van der Waals surface area contributed by atoms with E-state index >= 15 is 0 Å². The number of halogens is 4. The van der Waals surface area contributed by atoms with E-state index in [1.807, 2.05) is 0 Å². The zero-order valence-electron chi connectivity index (χ0n) is 7.15. The Hall–Kier alpha value is -0.910. The first kappa shape index (κ1) is 11.2. The first-order valence-electron chi connectivity index (χ1n) is 3.61. The molecule has 1 aromatic carbocycles. The van der Waals surface area contributed by atoms with E-state index in [0.29, 0.717) is 4.47 Å². The van der Waals surface area contributed by atoms with Crippen LogP contribution in [-0.2, 0) is 0 Å². The third-order valence-corrected chi connectivity index (χ3v) is 2.37. The van der Waals surface area contributed by atoms with Gasteiger partial charge < -0.3 is 10.5 Å². The Balaban J connectivity index is 3.04. The number of rotatable bonds is 1. The van der Waals surface area contributed by atoms with Gasteiger partial charge in [-0.2, -0.15) is 0 Å². The average molecular weight is 270 g/mol. The monoisotopic (exact) mass is 269 g/mol.